The van der Waals surface area contributed by atoms with Crippen molar-refractivity contribution in [2.24, 2.45) is 0 Å². The van der Waals surface area contributed by atoms with Gasteiger partial charge in [-0.3, -0.25) is 4.90 Å². The molecule has 2 heterocycles. The quantitative estimate of drug-likeness (QED) is 0.799. The summed E-state index contributed by atoms with van der Waals surface area (Å²) in [5.41, 5.74) is 0.273. The highest BCUT2D eigenvalue weighted by atomic mass is 35.5. The molecule has 1 aliphatic heterocycles. The standard InChI is InChI=1S/C18H18Cl2N4O/c19-14-5-6-18(22-16(14)13-21)24-9-7-23(8-10-24)11-12-25-17-4-2-1-3-15(17)20/h1-6H,7-12H2. The minimum Gasteiger partial charge on any atom is -0.491 e. The molecule has 0 atom stereocenters. The number of anilines is 1. The van der Waals surface area contributed by atoms with Crippen LogP contribution in [0.1, 0.15) is 5.69 Å². The molecular weight excluding hydrogens is 359 g/mol. The molecule has 5 nitrogen and oxygen atoms in total. The monoisotopic (exact) mass is 376 g/mol. The zero-order valence-corrected chi connectivity index (χ0v) is 15.2. The van der Waals surface area contributed by atoms with Crippen molar-refractivity contribution in [2.75, 3.05) is 44.2 Å². The van der Waals surface area contributed by atoms with E-state index in [0.717, 1.165) is 44.3 Å². The average molecular weight is 377 g/mol. The van der Waals surface area contributed by atoms with Gasteiger partial charge in [-0.2, -0.15) is 5.26 Å². The largest absolute Gasteiger partial charge is 0.491 e. The van der Waals surface area contributed by atoms with Crippen LogP contribution < -0.4 is 9.64 Å². The maximum absolute atomic E-state index is 9.05. The highest BCUT2D eigenvalue weighted by Gasteiger charge is 2.18. The van der Waals surface area contributed by atoms with Crippen LogP contribution in [-0.2, 0) is 0 Å². The number of hydrogen-bond donors (Lipinski definition) is 0. The fraction of sp³-hybridized carbons (Fsp3) is 0.333. The fourth-order valence-corrected chi connectivity index (χ4v) is 3.07. The number of nitriles is 1. The Morgan fingerprint density at radius 2 is 1.80 bits per heavy atom. The number of nitrogens with zero attached hydrogens (tertiary/aromatic N) is 4. The number of pyridine rings is 1. The predicted octanol–water partition coefficient (Wildman–Crippen LogP) is 3.46. The molecule has 2 aromatic rings. The van der Waals surface area contributed by atoms with E-state index in [1.165, 1.54) is 0 Å². The maximum atomic E-state index is 9.05. The topological polar surface area (TPSA) is 52.4 Å². The van der Waals surface area contributed by atoms with Crippen molar-refractivity contribution in [1.29, 1.82) is 5.26 Å². The molecule has 1 aromatic carbocycles. The minimum atomic E-state index is 0.273. The van der Waals surface area contributed by atoms with E-state index >= 15 is 0 Å². The van der Waals surface area contributed by atoms with E-state index in [4.69, 9.17) is 33.2 Å². The summed E-state index contributed by atoms with van der Waals surface area (Å²) < 4.78 is 5.74. The van der Waals surface area contributed by atoms with Crippen LogP contribution in [0.15, 0.2) is 36.4 Å². The van der Waals surface area contributed by atoms with Gasteiger partial charge >= 0.3 is 0 Å². The van der Waals surface area contributed by atoms with Crippen molar-refractivity contribution in [2.45, 2.75) is 0 Å². The Labute approximate surface area is 157 Å². The Morgan fingerprint density at radius 1 is 1.04 bits per heavy atom. The Kier molecular flexibility index (Phi) is 5.98. The number of halogens is 2. The molecular formula is C18H18Cl2N4O. The maximum Gasteiger partial charge on any atom is 0.161 e. The van der Waals surface area contributed by atoms with Crippen LogP contribution in [-0.4, -0.2) is 49.2 Å². The SMILES string of the molecule is N#Cc1nc(N2CCN(CCOc3ccccc3Cl)CC2)ccc1Cl. The summed E-state index contributed by atoms with van der Waals surface area (Å²) in [6.45, 7) is 4.98. The highest BCUT2D eigenvalue weighted by Crippen LogP contribution is 2.23. The van der Waals surface area contributed by atoms with Gasteiger partial charge in [0.15, 0.2) is 5.69 Å². The van der Waals surface area contributed by atoms with Crippen LogP contribution in [0.4, 0.5) is 5.82 Å². The second kappa shape index (κ2) is 8.39. The second-order valence-electron chi connectivity index (χ2n) is 5.72. The molecule has 0 amide bonds. The van der Waals surface area contributed by atoms with E-state index in [1.807, 2.05) is 36.4 Å². The average Bonchev–Trinajstić information content (AvgIpc) is 2.64. The summed E-state index contributed by atoms with van der Waals surface area (Å²) >= 11 is 12.0. The number of benzene rings is 1. The third-order valence-corrected chi connectivity index (χ3v) is 4.75. The molecule has 0 N–H and O–H groups in total. The summed E-state index contributed by atoms with van der Waals surface area (Å²) in [5, 5.41) is 10.1. The lowest BCUT2D eigenvalue weighted by Gasteiger charge is -2.35. The Hall–Kier alpha value is -2.00. The molecule has 1 aliphatic rings. The van der Waals surface area contributed by atoms with E-state index in [0.29, 0.717) is 16.7 Å². The van der Waals surface area contributed by atoms with Crippen molar-refractivity contribution in [3.05, 3.63) is 52.1 Å². The predicted molar refractivity (Wildman–Crippen MR) is 99.6 cm³/mol. The lowest BCUT2D eigenvalue weighted by atomic mass is 10.3. The first-order valence-corrected chi connectivity index (χ1v) is 8.84. The molecule has 0 radical (unpaired) electrons. The summed E-state index contributed by atoms with van der Waals surface area (Å²) in [7, 11) is 0. The number of rotatable bonds is 5. The molecule has 130 valence electrons. The van der Waals surface area contributed by atoms with Gasteiger partial charge in [-0.05, 0) is 24.3 Å². The van der Waals surface area contributed by atoms with E-state index < -0.39 is 0 Å². The highest BCUT2D eigenvalue weighted by molar-refractivity contribution is 6.32. The number of hydrogen-bond acceptors (Lipinski definition) is 5. The molecule has 3 rings (SSSR count). The van der Waals surface area contributed by atoms with Crippen LogP contribution >= 0.6 is 23.2 Å². The lowest BCUT2D eigenvalue weighted by molar-refractivity contribution is 0.200. The van der Waals surface area contributed by atoms with Gasteiger partial charge in [-0.15, -0.1) is 0 Å². The normalized spacial score (nSPS) is 15.0. The van der Waals surface area contributed by atoms with Gasteiger partial charge in [0.2, 0.25) is 0 Å². The van der Waals surface area contributed by atoms with E-state index in [-0.39, 0.29) is 5.69 Å². The van der Waals surface area contributed by atoms with Crippen LogP contribution in [0.5, 0.6) is 5.75 Å². The summed E-state index contributed by atoms with van der Waals surface area (Å²) in [5.74, 6) is 1.52. The van der Waals surface area contributed by atoms with Crippen molar-refractivity contribution in [3.63, 3.8) is 0 Å². The van der Waals surface area contributed by atoms with Crippen LogP contribution in [0.2, 0.25) is 10.0 Å². The van der Waals surface area contributed by atoms with E-state index in [9.17, 15) is 0 Å². The number of aromatic nitrogens is 1. The minimum absolute atomic E-state index is 0.273. The molecule has 0 unspecified atom stereocenters. The van der Waals surface area contributed by atoms with Gasteiger partial charge in [0.25, 0.3) is 0 Å². The Bertz CT molecular complexity index is 770. The van der Waals surface area contributed by atoms with Crippen molar-refractivity contribution < 1.29 is 4.74 Å². The first kappa shape index (κ1) is 17.8. The first-order chi connectivity index (χ1) is 12.2. The van der Waals surface area contributed by atoms with Crippen molar-refractivity contribution >= 4 is 29.0 Å². The van der Waals surface area contributed by atoms with Gasteiger partial charge in [0, 0.05) is 32.7 Å². The van der Waals surface area contributed by atoms with Gasteiger partial charge in [-0.1, -0.05) is 35.3 Å². The Balaban J connectivity index is 1.47. The molecule has 1 fully saturated rings. The molecule has 0 bridgehead atoms. The molecule has 7 heteroatoms. The zero-order valence-electron chi connectivity index (χ0n) is 13.7. The third-order valence-electron chi connectivity index (χ3n) is 4.14. The van der Waals surface area contributed by atoms with Crippen molar-refractivity contribution in [3.8, 4) is 11.8 Å². The zero-order chi connectivity index (χ0) is 17.6. The lowest BCUT2D eigenvalue weighted by Crippen LogP contribution is -2.47. The van der Waals surface area contributed by atoms with Crippen LogP contribution in [0, 0.1) is 11.3 Å². The summed E-state index contributed by atoms with van der Waals surface area (Å²) in [6, 6.07) is 13.1. The van der Waals surface area contributed by atoms with Crippen LogP contribution in [0.25, 0.3) is 0 Å². The molecule has 1 aromatic heterocycles. The van der Waals surface area contributed by atoms with Crippen molar-refractivity contribution in [1.82, 2.24) is 9.88 Å². The second-order valence-corrected chi connectivity index (χ2v) is 6.53. The Morgan fingerprint density at radius 3 is 2.52 bits per heavy atom. The number of piperazine rings is 1. The van der Waals surface area contributed by atoms with Crippen LogP contribution in [0.3, 0.4) is 0 Å². The fourth-order valence-electron chi connectivity index (χ4n) is 2.73. The number of para-hydroxylation sites is 1. The van der Waals surface area contributed by atoms with Gasteiger partial charge in [0.1, 0.15) is 24.2 Å². The first-order valence-electron chi connectivity index (χ1n) is 8.08. The van der Waals surface area contributed by atoms with E-state index in [1.54, 1.807) is 6.07 Å². The summed E-state index contributed by atoms with van der Waals surface area (Å²) in [6.07, 6.45) is 0. The van der Waals surface area contributed by atoms with Gasteiger partial charge in [-0.25, -0.2) is 4.98 Å². The number of ether oxygens (including phenoxy) is 1. The molecule has 1 saturated heterocycles. The van der Waals surface area contributed by atoms with E-state index in [2.05, 4.69) is 14.8 Å². The van der Waals surface area contributed by atoms with Gasteiger partial charge in [0.05, 0.1) is 10.0 Å². The smallest absolute Gasteiger partial charge is 0.161 e. The summed E-state index contributed by atoms with van der Waals surface area (Å²) in [4.78, 5) is 8.84. The molecule has 25 heavy (non-hydrogen) atoms. The molecule has 0 saturated carbocycles. The molecule has 0 spiro atoms. The van der Waals surface area contributed by atoms with Gasteiger partial charge < -0.3 is 9.64 Å². The molecule has 0 aliphatic carbocycles. The third kappa shape index (κ3) is 4.55.